The average Bonchev–Trinajstić information content (AvgIpc) is 2.54. The lowest BCUT2D eigenvalue weighted by molar-refractivity contribution is 0.0526. The maximum atomic E-state index is 12.4. The normalized spacial score (nSPS) is 9.71. The van der Waals surface area contributed by atoms with Crippen LogP contribution in [0.15, 0.2) is 48.5 Å². The summed E-state index contributed by atoms with van der Waals surface area (Å²) in [5, 5.41) is 9.00. The van der Waals surface area contributed by atoms with Gasteiger partial charge in [0.2, 0.25) is 11.2 Å². The number of benzene rings is 2. The predicted octanol–water partition coefficient (Wildman–Crippen LogP) is 3.58. The third-order valence-corrected chi connectivity index (χ3v) is 2.90. The highest BCUT2D eigenvalue weighted by atomic mass is 16.5. The van der Waals surface area contributed by atoms with Crippen LogP contribution < -0.4 is 0 Å². The number of ether oxygens (including phenoxy) is 1. The SMILES string of the molecule is CCOC(=O)c1ccc([N+]#N)c(C(=O)c2ccccc2)c1. The molecule has 0 saturated carbocycles. The molecule has 0 saturated heterocycles. The Morgan fingerprint density at radius 2 is 1.81 bits per heavy atom. The van der Waals surface area contributed by atoms with Crippen molar-refractivity contribution in [3.05, 3.63) is 70.2 Å². The van der Waals surface area contributed by atoms with Crippen molar-refractivity contribution in [1.82, 2.24) is 0 Å². The Morgan fingerprint density at radius 3 is 2.43 bits per heavy atom. The molecule has 0 radical (unpaired) electrons. The van der Waals surface area contributed by atoms with Crippen molar-refractivity contribution >= 4 is 17.4 Å². The zero-order valence-electron chi connectivity index (χ0n) is 11.4. The van der Waals surface area contributed by atoms with Crippen LogP contribution in [0.3, 0.4) is 0 Å². The van der Waals surface area contributed by atoms with E-state index in [-0.39, 0.29) is 29.2 Å². The quantitative estimate of drug-likeness (QED) is 0.488. The molecular weight excluding hydrogens is 268 g/mol. The van der Waals surface area contributed by atoms with E-state index in [1.807, 2.05) is 0 Å². The van der Waals surface area contributed by atoms with Gasteiger partial charge in [0.25, 0.3) is 0 Å². The minimum Gasteiger partial charge on any atom is -0.462 e. The second kappa shape index (κ2) is 6.44. The summed E-state index contributed by atoms with van der Waals surface area (Å²) in [6, 6.07) is 12.8. The van der Waals surface area contributed by atoms with Crippen LogP contribution in [-0.4, -0.2) is 18.4 Å². The van der Waals surface area contributed by atoms with Crippen molar-refractivity contribution in [2.45, 2.75) is 6.92 Å². The molecule has 0 N–H and O–H groups in total. The number of carbonyl (C=O) groups is 2. The molecule has 0 aromatic heterocycles. The maximum Gasteiger partial charge on any atom is 0.396 e. The Labute approximate surface area is 121 Å². The number of hydrogen-bond donors (Lipinski definition) is 0. The number of hydrogen-bond acceptors (Lipinski definition) is 4. The molecule has 5 nitrogen and oxygen atoms in total. The number of rotatable bonds is 4. The summed E-state index contributed by atoms with van der Waals surface area (Å²) in [7, 11) is 0. The van der Waals surface area contributed by atoms with E-state index in [9.17, 15) is 9.59 Å². The van der Waals surface area contributed by atoms with E-state index in [4.69, 9.17) is 10.1 Å². The zero-order chi connectivity index (χ0) is 15.2. The second-order valence-corrected chi connectivity index (χ2v) is 4.25. The van der Waals surface area contributed by atoms with Gasteiger partial charge in [-0.05, 0) is 19.1 Å². The maximum absolute atomic E-state index is 12.4. The van der Waals surface area contributed by atoms with Crippen LogP contribution in [0.1, 0.15) is 33.2 Å². The van der Waals surface area contributed by atoms with Gasteiger partial charge < -0.3 is 4.74 Å². The van der Waals surface area contributed by atoms with E-state index < -0.39 is 5.97 Å². The monoisotopic (exact) mass is 281 g/mol. The van der Waals surface area contributed by atoms with Gasteiger partial charge in [-0.3, -0.25) is 4.79 Å². The number of nitrogens with zero attached hydrogens (tertiary/aromatic N) is 2. The number of esters is 1. The Bertz CT molecular complexity index is 718. The third-order valence-electron chi connectivity index (χ3n) is 2.90. The molecule has 0 amide bonds. The molecule has 0 aliphatic rings. The first-order valence-corrected chi connectivity index (χ1v) is 6.43. The molecule has 5 heteroatoms. The Hall–Kier alpha value is -3.00. The summed E-state index contributed by atoms with van der Waals surface area (Å²) in [5.74, 6) is -0.848. The Morgan fingerprint density at radius 1 is 1.10 bits per heavy atom. The minimum absolute atomic E-state index is 0.108. The summed E-state index contributed by atoms with van der Waals surface area (Å²) < 4.78 is 4.90. The van der Waals surface area contributed by atoms with Crippen molar-refractivity contribution in [3.8, 4) is 0 Å². The molecule has 2 aromatic carbocycles. The molecule has 0 aliphatic heterocycles. The summed E-state index contributed by atoms with van der Waals surface area (Å²) in [6.45, 7) is 1.94. The fraction of sp³-hybridized carbons (Fsp3) is 0.125. The smallest absolute Gasteiger partial charge is 0.396 e. The second-order valence-electron chi connectivity index (χ2n) is 4.25. The molecule has 21 heavy (non-hydrogen) atoms. The fourth-order valence-corrected chi connectivity index (χ4v) is 1.89. The van der Waals surface area contributed by atoms with Gasteiger partial charge in [-0.1, -0.05) is 30.3 Å². The van der Waals surface area contributed by atoms with E-state index in [2.05, 4.69) is 4.98 Å². The number of ketones is 1. The number of diazo groups is 1. The lowest BCUT2D eigenvalue weighted by Gasteiger charge is -2.03. The number of carbonyl (C=O) groups excluding carboxylic acids is 2. The summed E-state index contributed by atoms with van der Waals surface area (Å²) in [6.07, 6.45) is 0. The van der Waals surface area contributed by atoms with Crippen molar-refractivity contribution in [3.63, 3.8) is 0 Å². The van der Waals surface area contributed by atoms with Crippen LogP contribution >= 0.6 is 0 Å². The van der Waals surface area contributed by atoms with Gasteiger partial charge in [-0.15, -0.1) is 0 Å². The van der Waals surface area contributed by atoms with Gasteiger partial charge in [0.15, 0.2) is 4.98 Å². The van der Waals surface area contributed by atoms with E-state index in [1.54, 1.807) is 37.3 Å². The fourth-order valence-electron chi connectivity index (χ4n) is 1.89. The van der Waals surface area contributed by atoms with Crippen molar-refractivity contribution in [1.29, 1.82) is 5.39 Å². The van der Waals surface area contributed by atoms with Gasteiger partial charge in [0.1, 0.15) is 5.56 Å². The topological polar surface area (TPSA) is 71.5 Å². The largest absolute Gasteiger partial charge is 0.462 e. The van der Waals surface area contributed by atoms with Gasteiger partial charge in [0, 0.05) is 11.6 Å². The highest BCUT2D eigenvalue weighted by Crippen LogP contribution is 2.24. The van der Waals surface area contributed by atoms with Crippen molar-refractivity contribution in [2.75, 3.05) is 6.61 Å². The van der Waals surface area contributed by atoms with Crippen LogP contribution in [-0.2, 0) is 4.74 Å². The van der Waals surface area contributed by atoms with Crippen LogP contribution in [0.2, 0.25) is 0 Å². The van der Waals surface area contributed by atoms with Crippen molar-refractivity contribution in [2.24, 2.45) is 0 Å². The predicted molar refractivity (Wildman–Crippen MR) is 77.0 cm³/mol. The third kappa shape index (κ3) is 3.12. The lowest BCUT2D eigenvalue weighted by Crippen LogP contribution is -2.07. The van der Waals surface area contributed by atoms with Crippen LogP contribution in [0.25, 0.3) is 4.98 Å². The average molecular weight is 281 g/mol. The standard InChI is InChI=1S/C16H13N2O3/c1-2-21-16(20)12-8-9-14(18-17)13(10-12)15(19)11-6-4-3-5-7-11/h3-10H,2H2,1H3/q+1. The van der Waals surface area contributed by atoms with Gasteiger partial charge in [-0.2, -0.15) is 0 Å². The summed E-state index contributed by atoms with van der Waals surface area (Å²) in [4.78, 5) is 27.3. The van der Waals surface area contributed by atoms with Gasteiger partial charge in [-0.25, -0.2) is 4.79 Å². The molecule has 2 aromatic rings. The molecule has 0 unspecified atom stereocenters. The van der Waals surface area contributed by atoms with E-state index in [1.165, 1.54) is 18.2 Å². The first kappa shape index (κ1) is 14.4. The highest BCUT2D eigenvalue weighted by molar-refractivity contribution is 6.13. The molecule has 0 aliphatic carbocycles. The first-order valence-electron chi connectivity index (χ1n) is 6.43. The van der Waals surface area contributed by atoms with Crippen LogP contribution in [0.5, 0.6) is 0 Å². The molecular formula is C16H13N2O3+. The molecule has 0 bridgehead atoms. The summed E-state index contributed by atoms with van der Waals surface area (Å²) >= 11 is 0. The summed E-state index contributed by atoms with van der Waals surface area (Å²) in [5.41, 5.74) is 0.943. The first-order chi connectivity index (χ1) is 10.2. The Kier molecular flexibility index (Phi) is 4.42. The van der Waals surface area contributed by atoms with E-state index in [0.717, 1.165) is 0 Å². The van der Waals surface area contributed by atoms with E-state index in [0.29, 0.717) is 5.56 Å². The van der Waals surface area contributed by atoms with E-state index >= 15 is 0 Å². The van der Waals surface area contributed by atoms with Gasteiger partial charge >= 0.3 is 11.7 Å². The molecule has 0 spiro atoms. The zero-order valence-corrected chi connectivity index (χ0v) is 11.4. The van der Waals surface area contributed by atoms with Crippen molar-refractivity contribution < 1.29 is 14.3 Å². The highest BCUT2D eigenvalue weighted by Gasteiger charge is 2.24. The Balaban J connectivity index is 2.46. The molecule has 0 fully saturated rings. The lowest BCUT2D eigenvalue weighted by atomic mass is 9.99. The molecule has 0 heterocycles. The molecule has 0 atom stereocenters. The minimum atomic E-state index is -0.524. The van der Waals surface area contributed by atoms with Gasteiger partial charge in [0.05, 0.1) is 12.2 Å². The molecule has 104 valence electrons. The van der Waals surface area contributed by atoms with Crippen LogP contribution in [0.4, 0.5) is 5.69 Å². The van der Waals surface area contributed by atoms with Crippen LogP contribution in [0, 0.1) is 5.39 Å². The molecule has 2 rings (SSSR count).